The highest BCUT2D eigenvalue weighted by molar-refractivity contribution is 9.10. The van der Waals surface area contributed by atoms with Crippen LogP contribution in [0, 0.1) is 5.92 Å². The fraction of sp³-hybridized carbons (Fsp3) is 0.250. The van der Waals surface area contributed by atoms with Crippen LogP contribution in [0.25, 0.3) is 22.0 Å². The first-order chi connectivity index (χ1) is 12.4. The Hall–Kier alpha value is -2.47. The molecule has 1 aromatic carbocycles. The van der Waals surface area contributed by atoms with E-state index in [1.165, 1.54) is 0 Å². The van der Waals surface area contributed by atoms with E-state index in [0.717, 1.165) is 32.2 Å². The Kier molecular flexibility index (Phi) is 5.52. The van der Waals surface area contributed by atoms with Crippen molar-refractivity contribution in [1.29, 1.82) is 0 Å². The van der Waals surface area contributed by atoms with Crippen molar-refractivity contribution in [2.75, 3.05) is 0 Å². The highest BCUT2D eigenvalue weighted by Crippen LogP contribution is 2.31. The number of aromatic nitrogens is 2. The van der Waals surface area contributed by atoms with Crippen LogP contribution >= 0.6 is 15.9 Å². The summed E-state index contributed by atoms with van der Waals surface area (Å²) in [5, 5.41) is 12.7. The third kappa shape index (κ3) is 4.19. The summed E-state index contributed by atoms with van der Waals surface area (Å²) in [6.45, 7) is 4.13. The van der Waals surface area contributed by atoms with Crippen molar-refractivity contribution < 1.29 is 9.90 Å². The largest absolute Gasteiger partial charge is 0.465 e. The Morgan fingerprint density at radius 2 is 1.88 bits per heavy atom. The van der Waals surface area contributed by atoms with Gasteiger partial charge in [0.1, 0.15) is 0 Å². The number of fused-ring (bicyclic) bond motifs is 1. The third-order valence-electron chi connectivity index (χ3n) is 4.15. The lowest BCUT2D eigenvalue weighted by Crippen LogP contribution is -2.28. The van der Waals surface area contributed by atoms with E-state index < -0.39 is 6.09 Å². The van der Waals surface area contributed by atoms with Gasteiger partial charge < -0.3 is 10.4 Å². The standard InChI is InChI=1S/C20H20BrN3O2/c1-12(2)9-18(24-20(25)26)19-11-16(21)15-10-14(3-4-17(15)23-19)13-5-7-22-8-6-13/h3-8,10-12,18,24H,9H2,1-2H3,(H,25,26). The molecular weight excluding hydrogens is 394 g/mol. The van der Waals surface area contributed by atoms with E-state index >= 15 is 0 Å². The second-order valence-electron chi connectivity index (χ2n) is 6.63. The fourth-order valence-electron chi connectivity index (χ4n) is 2.98. The minimum atomic E-state index is -1.04. The first kappa shape index (κ1) is 18.3. The Balaban J connectivity index is 2.03. The van der Waals surface area contributed by atoms with E-state index in [4.69, 9.17) is 10.1 Å². The van der Waals surface area contributed by atoms with Crippen LogP contribution in [0.3, 0.4) is 0 Å². The molecule has 0 aliphatic carbocycles. The van der Waals surface area contributed by atoms with E-state index in [-0.39, 0.29) is 6.04 Å². The summed E-state index contributed by atoms with van der Waals surface area (Å²) < 4.78 is 0.898. The molecule has 0 saturated heterocycles. The highest BCUT2D eigenvalue weighted by atomic mass is 79.9. The maximum atomic E-state index is 11.2. The lowest BCUT2D eigenvalue weighted by Gasteiger charge is -2.19. The average Bonchev–Trinajstić information content (AvgIpc) is 2.61. The molecule has 134 valence electrons. The summed E-state index contributed by atoms with van der Waals surface area (Å²) in [5.74, 6) is 0.345. The molecular formula is C20H20BrN3O2. The monoisotopic (exact) mass is 413 g/mol. The van der Waals surface area contributed by atoms with E-state index in [1.807, 2.05) is 30.3 Å². The van der Waals surface area contributed by atoms with Crippen LogP contribution in [0.1, 0.15) is 32.0 Å². The maximum absolute atomic E-state index is 11.2. The Bertz CT molecular complexity index is 929. The molecule has 0 aliphatic rings. The van der Waals surface area contributed by atoms with Crippen molar-refractivity contribution in [3.05, 3.63) is 59.0 Å². The van der Waals surface area contributed by atoms with Crippen LogP contribution in [0.5, 0.6) is 0 Å². The quantitative estimate of drug-likeness (QED) is 0.585. The number of amides is 1. The van der Waals surface area contributed by atoms with Gasteiger partial charge in [-0.3, -0.25) is 9.97 Å². The lowest BCUT2D eigenvalue weighted by atomic mass is 9.99. The van der Waals surface area contributed by atoms with Gasteiger partial charge in [0.25, 0.3) is 0 Å². The van der Waals surface area contributed by atoms with E-state index in [0.29, 0.717) is 12.3 Å². The first-order valence-corrected chi connectivity index (χ1v) is 9.23. The Morgan fingerprint density at radius 3 is 2.54 bits per heavy atom. The topological polar surface area (TPSA) is 75.1 Å². The molecule has 3 aromatic rings. The molecule has 0 fully saturated rings. The first-order valence-electron chi connectivity index (χ1n) is 8.44. The summed E-state index contributed by atoms with van der Waals surface area (Å²) in [5.41, 5.74) is 3.71. The van der Waals surface area contributed by atoms with Crippen LogP contribution in [-0.2, 0) is 0 Å². The van der Waals surface area contributed by atoms with Gasteiger partial charge in [0.05, 0.1) is 17.3 Å². The summed E-state index contributed by atoms with van der Waals surface area (Å²) in [4.78, 5) is 19.9. The summed E-state index contributed by atoms with van der Waals surface area (Å²) in [7, 11) is 0. The molecule has 1 unspecified atom stereocenters. The normalized spacial score (nSPS) is 12.3. The molecule has 0 radical (unpaired) electrons. The minimum absolute atomic E-state index is 0.340. The predicted octanol–water partition coefficient (Wildman–Crippen LogP) is 5.41. The van der Waals surface area contributed by atoms with Crippen molar-refractivity contribution in [3.8, 4) is 11.1 Å². The number of pyridine rings is 2. The van der Waals surface area contributed by atoms with Crippen LogP contribution in [0.15, 0.2) is 53.3 Å². The zero-order valence-electron chi connectivity index (χ0n) is 14.6. The van der Waals surface area contributed by atoms with Gasteiger partial charge in [-0.1, -0.05) is 35.8 Å². The number of rotatable bonds is 5. The van der Waals surface area contributed by atoms with Crippen LogP contribution in [0.4, 0.5) is 4.79 Å². The lowest BCUT2D eigenvalue weighted by molar-refractivity contribution is 0.187. The van der Waals surface area contributed by atoms with Gasteiger partial charge in [-0.05, 0) is 53.8 Å². The summed E-state index contributed by atoms with van der Waals surface area (Å²) in [6, 6.07) is 11.6. The average molecular weight is 414 g/mol. The molecule has 2 N–H and O–H groups in total. The molecule has 2 aromatic heterocycles. The van der Waals surface area contributed by atoms with Crippen molar-refractivity contribution in [1.82, 2.24) is 15.3 Å². The van der Waals surface area contributed by atoms with Gasteiger partial charge in [0.15, 0.2) is 0 Å². The molecule has 2 heterocycles. The summed E-state index contributed by atoms with van der Waals surface area (Å²) in [6.07, 6.45) is 3.18. The zero-order valence-corrected chi connectivity index (χ0v) is 16.2. The maximum Gasteiger partial charge on any atom is 0.405 e. The molecule has 0 spiro atoms. The van der Waals surface area contributed by atoms with E-state index in [9.17, 15) is 4.79 Å². The predicted molar refractivity (Wildman–Crippen MR) is 106 cm³/mol. The SMILES string of the molecule is CC(C)CC(NC(=O)O)c1cc(Br)c2cc(-c3ccncc3)ccc2n1. The van der Waals surface area contributed by atoms with Gasteiger partial charge in [-0.25, -0.2) is 4.79 Å². The number of benzene rings is 1. The van der Waals surface area contributed by atoms with Crippen molar-refractivity contribution >= 4 is 32.9 Å². The van der Waals surface area contributed by atoms with Crippen LogP contribution in [0.2, 0.25) is 0 Å². The number of hydrogen-bond donors (Lipinski definition) is 2. The molecule has 0 saturated carbocycles. The van der Waals surface area contributed by atoms with Gasteiger partial charge in [0, 0.05) is 22.3 Å². The molecule has 6 heteroatoms. The number of halogens is 1. The Morgan fingerprint density at radius 1 is 1.15 bits per heavy atom. The second-order valence-corrected chi connectivity index (χ2v) is 7.48. The van der Waals surface area contributed by atoms with Crippen molar-refractivity contribution in [2.45, 2.75) is 26.3 Å². The zero-order chi connectivity index (χ0) is 18.7. The number of carbonyl (C=O) groups is 1. The second kappa shape index (κ2) is 7.83. The van der Waals surface area contributed by atoms with E-state index in [1.54, 1.807) is 12.4 Å². The minimum Gasteiger partial charge on any atom is -0.465 e. The van der Waals surface area contributed by atoms with Gasteiger partial charge in [-0.2, -0.15) is 0 Å². The van der Waals surface area contributed by atoms with Gasteiger partial charge in [0.2, 0.25) is 0 Å². The smallest absolute Gasteiger partial charge is 0.405 e. The number of nitrogens with zero attached hydrogens (tertiary/aromatic N) is 2. The van der Waals surface area contributed by atoms with Gasteiger partial charge in [-0.15, -0.1) is 0 Å². The van der Waals surface area contributed by atoms with Gasteiger partial charge >= 0.3 is 6.09 Å². The molecule has 3 rings (SSSR count). The number of hydrogen-bond acceptors (Lipinski definition) is 3. The van der Waals surface area contributed by atoms with Crippen LogP contribution in [-0.4, -0.2) is 21.2 Å². The number of carboxylic acid groups (broad SMARTS) is 1. The number of nitrogens with one attached hydrogen (secondary N) is 1. The Labute approximate surface area is 160 Å². The summed E-state index contributed by atoms with van der Waals surface area (Å²) >= 11 is 3.63. The van der Waals surface area contributed by atoms with Crippen molar-refractivity contribution in [3.63, 3.8) is 0 Å². The highest BCUT2D eigenvalue weighted by Gasteiger charge is 2.19. The molecule has 26 heavy (non-hydrogen) atoms. The molecule has 0 bridgehead atoms. The van der Waals surface area contributed by atoms with E-state index in [2.05, 4.69) is 46.1 Å². The molecule has 5 nitrogen and oxygen atoms in total. The molecule has 0 aliphatic heterocycles. The third-order valence-corrected chi connectivity index (χ3v) is 4.81. The molecule has 1 atom stereocenters. The fourth-order valence-corrected chi connectivity index (χ4v) is 3.53. The van der Waals surface area contributed by atoms with Crippen LogP contribution < -0.4 is 5.32 Å². The van der Waals surface area contributed by atoms with Crippen molar-refractivity contribution in [2.24, 2.45) is 5.92 Å². The molecule has 1 amide bonds.